The molecular formula is C23H28N4O4. The van der Waals surface area contributed by atoms with Crippen LogP contribution in [0.3, 0.4) is 0 Å². The zero-order chi connectivity index (χ0) is 21.6. The summed E-state index contributed by atoms with van der Waals surface area (Å²) in [5.41, 5.74) is 3.72. The molecule has 3 aromatic rings. The van der Waals surface area contributed by atoms with E-state index in [1.54, 1.807) is 13.4 Å². The Morgan fingerprint density at radius 1 is 1.16 bits per heavy atom. The van der Waals surface area contributed by atoms with Crippen LogP contribution in [0, 0.1) is 0 Å². The van der Waals surface area contributed by atoms with Crippen LogP contribution in [-0.2, 0) is 20.8 Å². The van der Waals surface area contributed by atoms with E-state index in [9.17, 15) is 4.79 Å². The third-order valence-electron chi connectivity index (χ3n) is 5.49. The fraction of sp³-hybridized carbons (Fsp3) is 0.391. The van der Waals surface area contributed by atoms with Crippen molar-refractivity contribution < 1.29 is 19.1 Å². The number of hydroxylamine groups is 2. The molecule has 0 radical (unpaired) electrons. The molecule has 0 unspecified atom stereocenters. The summed E-state index contributed by atoms with van der Waals surface area (Å²) < 4.78 is 13.3. The second-order valence-electron chi connectivity index (χ2n) is 7.48. The molecule has 4 rings (SSSR count). The first-order chi connectivity index (χ1) is 15.1. The first-order valence-electron chi connectivity index (χ1n) is 10.4. The topological polar surface area (TPSA) is 69.1 Å². The van der Waals surface area contributed by atoms with Gasteiger partial charge in [-0.1, -0.05) is 6.07 Å². The van der Waals surface area contributed by atoms with E-state index in [0.29, 0.717) is 6.61 Å². The highest BCUT2D eigenvalue weighted by Crippen LogP contribution is 2.22. The zero-order valence-corrected chi connectivity index (χ0v) is 18.0. The van der Waals surface area contributed by atoms with Crippen molar-refractivity contribution in [2.75, 3.05) is 53.6 Å². The van der Waals surface area contributed by atoms with Crippen LogP contribution in [0.2, 0.25) is 0 Å². The van der Waals surface area contributed by atoms with Crippen LogP contribution in [0.15, 0.2) is 48.8 Å². The molecule has 1 saturated heterocycles. The number of imidazole rings is 1. The maximum atomic E-state index is 12.2. The second kappa shape index (κ2) is 9.91. The number of nitrogens with zero attached hydrogens (tertiary/aromatic N) is 4. The molecule has 8 nitrogen and oxygen atoms in total. The Morgan fingerprint density at radius 2 is 1.94 bits per heavy atom. The minimum atomic E-state index is -0.105. The van der Waals surface area contributed by atoms with Crippen LogP contribution in [-0.4, -0.2) is 79.0 Å². The molecule has 1 aliphatic rings. The van der Waals surface area contributed by atoms with E-state index in [1.165, 1.54) is 12.2 Å². The molecule has 8 heteroatoms. The van der Waals surface area contributed by atoms with Gasteiger partial charge in [0.2, 0.25) is 5.91 Å². The van der Waals surface area contributed by atoms with Crippen molar-refractivity contribution in [2.24, 2.45) is 0 Å². The number of amides is 1. The number of carbonyl (C=O) groups is 1. The van der Waals surface area contributed by atoms with E-state index >= 15 is 0 Å². The number of fused-ring (bicyclic) bond motifs is 1. The Hall–Kier alpha value is -2.94. The monoisotopic (exact) mass is 424 g/mol. The number of ether oxygens (including phenoxy) is 2. The lowest BCUT2D eigenvalue weighted by Gasteiger charge is -2.26. The Morgan fingerprint density at radius 3 is 2.68 bits per heavy atom. The average molecular weight is 425 g/mol. The molecule has 2 aromatic carbocycles. The van der Waals surface area contributed by atoms with E-state index in [0.717, 1.165) is 60.9 Å². The van der Waals surface area contributed by atoms with Crippen molar-refractivity contribution in [1.82, 2.24) is 19.5 Å². The summed E-state index contributed by atoms with van der Waals surface area (Å²) in [4.78, 5) is 24.0. The number of benzene rings is 2. The van der Waals surface area contributed by atoms with Crippen molar-refractivity contribution in [3.63, 3.8) is 0 Å². The molecule has 0 spiro atoms. The maximum Gasteiger partial charge on any atom is 0.250 e. The van der Waals surface area contributed by atoms with Gasteiger partial charge >= 0.3 is 0 Å². The van der Waals surface area contributed by atoms with Crippen molar-refractivity contribution >= 4 is 16.9 Å². The van der Waals surface area contributed by atoms with E-state index in [4.69, 9.17) is 14.3 Å². The summed E-state index contributed by atoms with van der Waals surface area (Å²) in [7, 11) is 3.09. The van der Waals surface area contributed by atoms with Crippen molar-refractivity contribution in [3.05, 3.63) is 54.4 Å². The number of carbonyl (C=O) groups excluding carboxylic acids is 1. The van der Waals surface area contributed by atoms with Gasteiger partial charge < -0.3 is 9.47 Å². The van der Waals surface area contributed by atoms with Crippen LogP contribution in [0.4, 0.5) is 0 Å². The molecule has 31 heavy (non-hydrogen) atoms. The van der Waals surface area contributed by atoms with E-state index in [1.807, 2.05) is 47.0 Å². The Balaban J connectivity index is 1.43. The smallest absolute Gasteiger partial charge is 0.250 e. The number of rotatable bonds is 8. The molecule has 0 aliphatic carbocycles. The van der Waals surface area contributed by atoms with E-state index < -0.39 is 0 Å². The highest BCUT2D eigenvalue weighted by molar-refractivity contribution is 5.82. The lowest BCUT2D eigenvalue weighted by atomic mass is 10.1. The Kier molecular flexibility index (Phi) is 6.81. The van der Waals surface area contributed by atoms with Crippen LogP contribution in [0.25, 0.3) is 16.7 Å². The quantitative estimate of drug-likeness (QED) is 0.517. The number of aromatic nitrogens is 2. The Bertz CT molecular complexity index is 1010. The van der Waals surface area contributed by atoms with Crippen LogP contribution < -0.4 is 4.74 Å². The second-order valence-corrected chi connectivity index (χ2v) is 7.48. The lowest BCUT2D eigenvalue weighted by molar-refractivity contribution is -0.167. The summed E-state index contributed by atoms with van der Waals surface area (Å²) in [5, 5.41) is 1.24. The SMILES string of the molecule is CON(C)C(=O)Cc1ccc2ncn(-c3ccc(OCCN4CCOCC4)cc3)c2c1. The van der Waals surface area contributed by atoms with Gasteiger partial charge in [0.05, 0.1) is 37.8 Å². The van der Waals surface area contributed by atoms with Gasteiger partial charge in [-0.3, -0.25) is 19.1 Å². The van der Waals surface area contributed by atoms with Gasteiger partial charge in [0.15, 0.2) is 0 Å². The van der Waals surface area contributed by atoms with Crippen molar-refractivity contribution in [1.29, 1.82) is 0 Å². The summed E-state index contributed by atoms with van der Waals surface area (Å²) in [6, 6.07) is 13.8. The molecule has 1 fully saturated rings. The highest BCUT2D eigenvalue weighted by atomic mass is 16.7. The molecule has 0 N–H and O–H groups in total. The minimum absolute atomic E-state index is 0.105. The first kappa shape index (κ1) is 21.3. The summed E-state index contributed by atoms with van der Waals surface area (Å²) in [6.45, 7) is 5.08. The number of hydrogen-bond donors (Lipinski definition) is 0. The van der Waals surface area contributed by atoms with Gasteiger partial charge in [-0.05, 0) is 42.0 Å². The van der Waals surface area contributed by atoms with Crippen LogP contribution >= 0.6 is 0 Å². The molecule has 1 amide bonds. The molecule has 0 bridgehead atoms. The largest absolute Gasteiger partial charge is 0.492 e. The van der Waals surface area contributed by atoms with Gasteiger partial charge in [-0.2, -0.15) is 0 Å². The number of likely N-dealkylation sites (N-methyl/N-ethyl adjacent to an activating group) is 1. The summed E-state index contributed by atoms with van der Waals surface area (Å²) >= 11 is 0. The highest BCUT2D eigenvalue weighted by Gasteiger charge is 2.12. The summed E-state index contributed by atoms with van der Waals surface area (Å²) in [6.07, 6.45) is 2.06. The minimum Gasteiger partial charge on any atom is -0.492 e. The van der Waals surface area contributed by atoms with Gasteiger partial charge in [0, 0.05) is 32.4 Å². The van der Waals surface area contributed by atoms with Gasteiger partial charge in [0.25, 0.3) is 0 Å². The first-order valence-corrected chi connectivity index (χ1v) is 10.4. The maximum absolute atomic E-state index is 12.2. The third-order valence-corrected chi connectivity index (χ3v) is 5.49. The van der Waals surface area contributed by atoms with Gasteiger partial charge in [-0.25, -0.2) is 10.0 Å². The van der Waals surface area contributed by atoms with Crippen LogP contribution in [0.1, 0.15) is 5.56 Å². The molecule has 0 saturated carbocycles. The lowest BCUT2D eigenvalue weighted by Crippen LogP contribution is -2.38. The molecule has 0 atom stereocenters. The molecule has 1 aliphatic heterocycles. The number of hydrogen-bond acceptors (Lipinski definition) is 6. The third kappa shape index (κ3) is 5.22. The van der Waals surface area contributed by atoms with Gasteiger partial charge in [-0.15, -0.1) is 0 Å². The fourth-order valence-electron chi connectivity index (χ4n) is 3.58. The van der Waals surface area contributed by atoms with Crippen molar-refractivity contribution in [3.8, 4) is 11.4 Å². The van der Waals surface area contributed by atoms with Crippen LogP contribution in [0.5, 0.6) is 5.75 Å². The molecular weight excluding hydrogens is 396 g/mol. The molecule has 164 valence electrons. The van der Waals surface area contributed by atoms with Gasteiger partial charge in [0.1, 0.15) is 18.7 Å². The average Bonchev–Trinajstić information content (AvgIpc) is 3.23. The van der Waals surface area contributed by atoms with Crippen molar-refractivity contribution in [2.45, 2.75) is 6.42 Å². The predicted octanol–water partition coefficient (Wildman–Crippen LogP) is 2.30. The molecule has 1 aromatic heterocycles. The standard InChI is InChI=1S/C23H28N4O4/c1-25(29-2)23(28)16-18-3-8-21-22(15-18)27(17-24-21)19-4-6-20(7-5-19)31-14-11-26-9-12-30-13-10-26/h3-8,15,17H,9-14,16H2,1-2H3. The molecule has 2 heterocycles. The van der Waals surface area contributed by atoms with E-state index in [-0.39, 0.29) is 12.3 Å². The Labute approximate surface area is 181 Å². The fourth-order valence-corrected chi connectivity index (χ4v) is 3.58. The normalized spacial score (nSPS) is 14.6. The predicted molar refractivity (Wildman–Crippen MR) is 117 cm³/mol. The van der Waals surface area contributed by atoms with E-state index in [2.05, 4.69) is 9.88 Å². The summed E-state index contributed by atoms with van der Waals surface area (Å²) in [5.74, 6) is 0.738. The number of morpholine rings is 1. The zero-order valence-electron chi connectivity index (χ0n) is 18.0.